The molecule has 1 saturated heterocycles. The highest BCUT2D eigenvalue weighted by molar-refractivity contribution is 14.1. The second-order valence-electron chi connectivity index (χ2n) is 9.73. The molecular formula is C24H30FIN4O2S. The van der Waals surface area contributed by atoms with Crippen LogP contribution in [0.15, 0.2) is 18.2 Å². The van der Waals surface area contributed by atoms with Gasteiger partial charge in [0.1, 0.15) is 10.8 Å². The first-order chi connectivity index (χ1) is 15.6. The van der Waals surface area contributed by atoms with Gasteiger partial charge in [-0.15, -0.1) is 11.3 Å². The molecule has 3 N–H and O–H groups in total. The summed E-state index contributed by atoms with van der Waals surface area (Å²) in [5.74, 6) is -0.798. The number of nitrogens with zero attached hydrogens (tertiary/aromatic N) is 1. The van der Waals surface area contributed by atoms with Crippen LogP contribution in [0.1, 0.15) is 58.7 Å². The third-order valence-corrected chi connectivity index (χ3v) is 8.24. The SMILES string of the molecule is CN1CCCCC1CNC(=O)c1c(Nc2ccc(I)cc2F)sc2c1CC(C)(C)CNC2=O. The highest BCUT2D eigenvalue weighted by atomic mass is 127. The van der Waals surface area contributed by atoms with Crippen LogP contribution in [0, 0.1) is 14.8 Å². The van der Waals surface area contributed by atoms with E-state index < -0.39 is 5.82 Å². The van der Waals surface area contributed by atoms with Crippen LogP contribution in [0.2, 0.25) is 0 Å². The monoisotopic (exact) mass is 584 g/mol. The lowest BCUT2D eigenvalue weighted by Gasteiger charge is -2.32. The van der Waals surface area contributed by atoms with Crippen molar-refractivity contribution in [1.29, 1.82) is 0 Å². The van der Waals surface area contributed by atoms with Gasteiger partial charge in [0.25, 0.3) is 11.8 Å². The topological polar surface area (TPSA) is 73.5 Å². The van der Waals surface area contributed by atoms with Crippen molar-refractivity contribution in [2.45, 2.75) is 45.6 Å². The molecule has 0 aliphatic carbocycles. The molecule has 1 fully saturated rings. The Labute approximate surface area is 211 Å². The molecule has 1 atom stereocenters. The number of likely N-dealkylation sites (tertiary alicyclic amines) is 1. The van der Waals surface area contributed by atoms with Crippen molar-refractivity contribution in [3.8, 4) is 0 Å². The van der Waals surface area contributed by atoms with Gasteiger partial charge in [0.05, 0.1) is 16.1 Å². The molecular weight excluding hydrogens is 554 g/mol. The molecule has 0 radical (unpaired) electrons. The lowest BCUT2D eigenvalue weighted by molar-refractivity contribution is 0.0927. The Hall–Kier alpha value is -1.72. The van der Waals surface area contributed by atoms with E-state index in [1.807, 2.05) is 0 Å². The molecule has 178 valence electrons. The number of carbonyl (C=O) groups is 2. The predicted octanol–water partition coefficient (Wildman–Crippen LogP) is 4.76. The Balaban J connectivity index is 1.69. The summed E-state index contributed by atoms with van der Waals surface area (Å²) in [6.45, 7) is 6.26. The molecule has 1 aromatic carbocycles. The van der Waals surface area contributed by atoms with Crippen molar-refractivity contribution in [3.05, 3.63) is 43.6 Å². The van der Waals surface area contributed by atoms with Crippen LogP contribution >= 0.6 is 33.9 Å². The summed E-state index contributed by atoms with van der Waals surface area (Å²) in [7, 11) is 2.09. The van der Waals surface area contributed by atoms with Crippen LogP contribution in [0.5, 0.6) is 0 Å². The summed E-state index contributed by atoms with van der Waals surface area (Å²) in [5, 5.41) is 9.69. The van der Waals surface area contributed by atoms with E-state index in [1.165, 1.54) is 23.8 Å². The Bertz CT molecular complexity index is 1070. The minimum atomic E-state index is -0.398. The minimum absolute atomic E-state index is 0.183. The number of rotatable bonds is 5. The fraction of sp³-hybridized carbons (Fsp3) is 0.500. The van der Waals surface area contributed by atoms with Crippen molar-refractivity contribution >= 4 is 56.4 Å². The zero-order valence-electron chi connectivity index (χ0n) is 19.2. The van der Waals surface area contributed by atoms with Gasteiger partial charge in [-0.2, -0.15) is 0 Å². The number of benzene rings is 1. The molecule has 1 aromatic heterocycles. The first kappa shape index (κ1) is 24.4. The van der Waals surface area contributed by atoms with E-state index in [4.69, 9.17) is 0 Å². The number of anilines is 2. The van der Waals surface area contributed by atoms with Crippen molar-refractivity contribution in [1.82, 2.24) is 15.5 Å². The number of fused-ring (bicyclic) bond motifs is 1. The van der Waals surface area contributed by atoms with Gasteiger partial charge in [0.2, 0.25) is 0 Å². The van der Waals surface area contributed by atoms with Crippen molar-refractivity contribution in [2.75, 3.05) is 32.0 Å². The first-order valence-corrected chi connectivity index (χ1v) is 13.2. The van der Waals surface area contributed by atoms with E-state index in [1.54, 1.807) is 12.1 Å². The standard InChI is InChI=1S/C24H30FIN4O2S/c1-24(2)11-16-19(21(31)27-12-15-6-4-5-9-30(15)3)23(33-20(16)22(32)28-13-24)29-18-8-7-14(26)10-17(18)25/h7-8,10,15,29H,4-6,9,11-13H2,1-3H3,(H,27,31)(H,28,32). The number of likely N-dealkylation sites (N-methyl/N-ethyl adjacent to an activating group) is 1. The van der Waals surface area contributed by atoms with Gasteiger partial charge in [-0.1, -0.05) is 20.3 Å². The highest BCUT2D eigenvalue weighted by Gasteiger charge is 2.35. The molecule has 3 heterocycles. The van der Waals surface area contributed by atoms with E-state index in [9.17, 15) is 14.0 Å². The third-order valence-electron chi connectivity index (χ3n) is 6.42. The summed E-state index contributed by atoms with van der Waals surface area (Å²) in [5.41, 5.74) is 1.28. The maximum atomic E-state index is 14.6. The second kappa shape index (κ2) is 9.87. The average Bonchev–Trinajstić information content (AvgIpc) is 3.05. The number of hydrogen-bond acceptors (Lipinski definition) is 5. The molecule has 2 aliphatic rings. The van der Waals surface area contributed by atoms with E-state index >= 15 is 0 Å². The Morgan fingerprint density at radius 2 is 2.15 bits per heavy atom. The quantitative estimate of drug-likeness (QED) is 0.444. The van der Waals surface area contributed by atoms with Gasteiger partial charge in [-0.3, -0.25) is 9.59 Å². The molecule has 33 heavy (non-hydrogen) atoms. The second-order valence-corrected chi connectivity index (χ2v) is 12.0. The van der Waals surface area contributed by atoms with Gasteiger partial charge in [0, 0.05) is 22.7 Å². The molecule has 2 aliphatic heterocycles. The number of carbonyl (C=O) groups excluding carboxylic acids is 2. The van der Waals surface area contributed by atoms with E-state index in [0.717, 1.165) is 28.5 Å². The molecule has 0 bridgehead atoms. The number of nitrogens with one attached hydrogen (secondary N) is 3. The molecule has 9 heteroatoms. The summed E-state index contributed by atoms with van der Waals surface area (Å²) < 4.78 is 15.4. The maximum absolute atomic E-state index is 14.6. The molecule has 6 nitrogen and oxygen atoms in total. The zero-order valence-corrected chi connectivity index (χ0v) is 22.2. The fourth-order valence-corrected chi connectivity index (χ4v) is 6.10. The zero-order chi connectivity index (χ0) is 23.8. The van der Waals surface area contributed by atoms with Crippen LogP contribution < -0.4 is 16.0 Å². The van der Waals surface area contributed by atoms with Gasteiger partial charge >= 0.3 is 0 Å². The number of hydrogen-bond donors (Lipinski definition) is 3. The Kier molecular flexibility index (Phi) is 7.30. The third kappa shape index (κ3) is 5.51. The predicted molar refractivity (Wildman–Crippen MR) is 139 cm³/mol. The lowest BCUT2D eigenvalue weighted by atomic mass is 9.85. The average molecular weight is 584 g/mol. The van der Waals surface area contributed by atoms with Gasteiger partial charge in [-0.25, -0.2) is 4.39 Å². The Morgan fingerprint density at radius 1 is 1.36 bits per heavy atom. The maximum Gasteiger partial charge on any atom is 0.261 e. The molecule has 4 rings (SSSR count). The normalized spacial score (nSPS) is 20.5. The van der Waals surface area contributed by atoms with Crippen LogP contribution in [0.3, 0.4) is 0 Å². The molecule has 0 saturated carbocycles. The van der Waals surface area contributed by atoms with E-state index in [-0.39, 0.29) is 22.9 Å². The number of amides is 2. The van der Waals surface area contributed by atoms with Crippen molar-refractivity contribution < 1.29 is 14.0 Å². The van der Waals surface area contributed by atoms with Crippen molar-refractivity contribution in [2.24, 2.45) is 5.41 Å². The smallest absolute Gasteiger partial charge is 0.261 e. The summed E-state index contributed by atoms with van der Waals surface area (Å²) in [6.07, 6.45) is 3.97. The number of halogens is 2. The summed E-state index contributed by atoms with van der Waals surface area (Å²) in [6, 6.07) is 5.20. The van der Waals surface area contributed by atoms with Crippen LogP contribution in [-0.2, 0) is 6.42 Å². The van der Waals surface area contributed by atoms with E-state index in [0.29, 0.717) is 41.0 Å². The van der Waals surface area contributed by atoms with Gasteiger partial charge in [-0.05, 0) is 84.6 Å². The summed E-state index contributed by atoms with van der Waals surface area (Å²) >= 11 is 3.28. The van der Waals surface area contributed by atoms with Gasteiger partial charge < -0.3 is 20.9 Å². The highest BCUT2D eigenvalue weighted by Crippen LogP contribution is 2.40. The van der Waals surface area contributed by atoms with Crippen LogP contribution in [-0.4, -0.2) is 49.4 Å². The van der Waals surface area contributed by atoms with Crippen LogP contribution in [0.4, 0.5) is 15.1 Å². The number of piperidine rings is 1. The molecule has 2 aromatic rings. The van der Waals surface area contributed by atoms with Gasteiger partial charge in [0.15, 0.2) is 0 Å². The Morgan fingerprint density at radius 3 is 2.88 bits per heavy atom. The molecule has 1 unspecified atom stereocenters. The first-order valence-electron chi connectivity index (χ1n) is 11.3. The minimum Gasteiger partial charge on any atom is -0.351 e. The lowest BCUT2D eigenvalue weighted by Crippen LogP contribution is -2.44. The molecule has 0 spiro atoms. The largest absolute Gasteiger partial charge is 0.351 e. The van der Waals surface area contributed by atoms with Crippen molar-refractivity contribution in [3.63, 3.8) is 0 Å². The molecule has 2 amide bonds. The van der Waals surface area contributed by atoms with E-state index in [2.05, 4.69) is 64.3 Å². The summed E-state index contributed by atoms with van der Waals surface area (Å²) in [4.78, 5) is 29.2. The van der Waals surface area contributed by atoms with Crippen LogP contribution in [0.25, 0.3) is 0 Å². The fourth-order valence-electron chi connectivity index (χ4n) is 4.50. The number of thiophene rings is 1.